The minimum absolute atomic E-state index is 0.342. The molecule has 3 nitrogen and oxygen atoms in total. The van der Waals surface area contributed by atoms with E-state index in [1.807, 2.05) is 6.26 Å². The summed E-state index contributed by atoms with van der Waals surface area (Å²) >= 11 is 0. The van der Waals surface area contributed by atoms with Gasteiger partial charge < -0.3 is 10.2 Å². The Hall–Kier alpha value is 0.0700. The summed E-state index contributed by atoms with van der Waals surface area (Å²) in [5, 5.41) is 3.96. The fourth-order valence-electron chi connectivity index (χ4n) is 2.39. The zero-order chi connectivity index (χ0) is 11.5. The van der Waals surface area contributed by atoms with Gasteiger partial charge in [0.2, 0.25) is 0 Å². The predicted octanol–water partition coefficient (Wildman–Crippen LogP) is 0.827. The molecule has 0 aromatic rings. The molecule has 0 spiro atoms. The summed E-state index contributed by atoms with van der Waals surface area (Å²) < 4.78 is 11.3. The lowest BCUT2D eigenvalue weighted by molar-refractivity contribution is 0.187. The number of hydrogen-bond donors (Lipinski definition) is 1. The van der Waals surface area contributed by atoms with Gasteiger partial charge in [-0.2, -0.15) is 0 Å². The van der Waals surface area contributed by atoms with Gasteiger partial charge in [-0.3, -0.25) is 4.21 Å². The van der Waals surface area contributed by atoms with E-state index in [1.165, 1.54) is 19.4 Å². The van der Waals surface area contributed by atoms with Crippen molar-refractivity contribution < 1.29 is 4.21 Å². The van der Waals surface area contributed by atoms with Gasteiger partial charge in [0.05, 0.1) is 0 Å². The molecule has 1 saturated carbocycles. The lowest BCUT2D eigenvalue weighted by Crippen LogP contribution is -2.52. The molecular weight excluding hydrogens is 220 g/mol. The molecule has 0 aromatic heterocycles. The first-order chi connectivity index (χ1) is 7.66. The Bertz CT molecular complexity index is 255. The zero-order valence-electron chi connectivity index (χ0n) is 10.4. The third-order valence-corrected chi connectivity index (χ3v) is 5.27. The summed E-state index contributed by atoms with van der Waals surface area (Å²) in [7, 11) is -0.662. The molecule has 1 heterocycles. The normalized spacial score (nSPS) is 31.2. The Kier molecular flexibility index (Phi) is 4.39. The van der Waals surface area contributed by atoms with Crippen LogP contribution in [0.4, 0.5) is 0 Å². The largest absolute Gasteiger partial charge is 0.311 e. The van der Waals surface area contributed by atoms with E-state index in [9.17, 15) is 4.21 Å². The second-order valence-corrected chi connectivity index (χ2v) is 7.10. The van der Waals surface area contributed by atoms with Crippen molar-refractivity contribution in [2.45, 2.75) is 37.5 Å². The topological polar surface area (TPSA) is 32.3 Å². The highest BCUT2D eigenvalue weighted by atomic mass is 32.2. The monoisotopic (exact) mass is 244 g/mol. The second-order valence-electron chi connectivity index (χ2n) is 5.30. The van der Waals surface area contributed by atoms with Crippen molar-refractivity contribution in [1.29, 1.82) is 0 Å². The number of piperazine rings is 1. The highest BCUT2D eigenvalue weighted by Gasteiger charge is 2.33. The zero-order valence-corrected chi connectivity index (χ0v) is 11.3. The molecule has 2 fully saturated rings. The van der Waals surface area contributed by atoms with Gasteiger partial charge in [0.25, 0.3) is 0 Å². The number of rotatable bonds is 5. The van der Waals surface area contributed by atoms with Gasteiger partial charge in [-0.05, 0) is 31.7 Å². The SMILES string of the molecule is CC(CCN1CCNC(C2CC2)C1)S(C)=O. The smallest absolute Gasteiger partial charge is 0.0329 e. The Morgan fingerprint density at radius 3 is 2.88 bits per heavy atom. The van der Waals surface area contributed by atoms with Crippen LogP contribution in [0.5, 0.6) is 0 Å². The molecule has 16 heavy (non-hydrogen) atoms. The van der Waals surface area contributed by atoms with Gasteiger partial charge >= 0.3 is 0 Å². The van der Waals surface area contributed by atoms with E-state index in [0.29, 0.717) is 5.25 Å². The van der Waals surface area contributed by atoms with Crippen molar-refractivity contribution in [3.8, 4) is 0 Å². The summed E-state index contributed by atoms with van der Waals surface area (Å²) in [6.07, 6.45) is 5.72. The Balaban J connectivity index is 1.70. The minimum atomic E-state index is -0.662. The van der Waals surface area contributed by atoms with Crippen LogP contribution in [0.25, 0.3) is 0 Å². The quantitative estimate of drug-likeness (QED) is 0.777. The number of nitrogens with zero attached hydrogens (tertiary/aromatic N) is 1. The first-order valence-electron chi connectivity index (χ1n) is 6.45. The first-order valence-corrected chi connectivity index (χ1v) is 8.07. The molecule has 3 unspecified atom stereocenters. The van der Waals surface area contributed by atoms with Crippen molar-refractivity contribution in [2.75, 3.05) is 32.4 Å². The van der Waals surface area contributed by atoms with E-state index in [2.05, 4.69) is 17.1 Å². The third-order valence-electron chi connectivity index (χ3n) is 3.90. The molecule has 1 aliphatic heterocycles. The molecule has 2 rings (SSSR count). The maximum Gasteiger partial charge on any atom is 0.0329 e. The molecule has 94 valence electrons. The van der Waals surface area contributed by atoms with Crippen molar-refractivity contribution in [1.82, 2.24) is 10.2 Å². The van der Waals surface area contributed by atoms with Gasteiger partial charge in [-0.25, -0.2) is 0 Å². The van der Waals surface area contributed by atoms with Gasteiger partial charge in [-0.1, -0.05) is 6.92 Å². The van der Waals surface area contributed by atoms with E-state index in [1.54, 1.807) is 0 Å². The van der Waals surface area contributed by atoms with Gasteiger partial charge in [0.15, 0.2) is 0 Å². The van der Waals surface area contributed by atoms with Gasteiger partial charge in [0.1, 0.15) is 0 Å². The van der Waals surface area contributed by atoms with Crippen LogP contribution in [-0.2, 0) is 10.8 Å². The van der Waals surface area contributed by atoms with Crippen molar-refractivity contribution in [3.05, 3.63) is 0 Å². The molecule has 2 aliphatic rings. The van der Waals surface area contributed by atoms with Crippen LogP contribution in [0.15, 0.2) is 0 Å². The van der Waals surface area contributed by atoms with E-state index in [0.717, 1.165) is 38.0 Å². The standard InChI is InChI=1S/C12H24N2OS/c1-10(16(2)15)5-7-14-8-6-13-12(9-14)11-3-4-11/h10-13H,3-9H2,1-2H3. The van der Waals surface area contributed by atoms with Crippen molar-refractivity contribution in [3.63, 3.8) is 0 Å². The average Bonchev–Trinajstić information content (AvgIpc) is 3.10. The number of nitrogens with one attached hydrogen (secondary N) is 1. The molecule has 3 atom stereocenters. The summed E-state index contributed by atoms with van der Waals surface area (Å²) in [6, 6.07) is 0.733. The highest BCUT2D eigenvalue weighted by Crippen LogP contribution is 2.33. The molecule has 0 amide bonds. The van der Waals surface area contributed by atoms with Crippen LogP contribution in [0, 0.1) is 5.92 Å². The molecular formula is C12H24N2OS. The molecule has 1 N–H and O–H groups in total. The van der Waals surface area contributed by atoms with Crippen LogP contribution >= 0.6 is 0 Å². The van der Waals surface area contributed by atoms with Crippen LogP contribution < -0.4 is 5.32 Å². The summed E-state index contributed by atoms with van der Waals surface area (Å²) in [5.41, 5.74) is 0. The van der Waals surface area contributed by atoms with E-state index in [-0.39, 0.29) is 0 Å². The lowest BCUT2D eigenvalue weighted by atomic mass is 10.1. The highest BCUT2D eigenvalue weighted by molar-refractivity contribution is 7.84. The fourth-order valence-corrected chi connectivity index (χ4v) is 2.83. The molecule has 4 heteroatoms. The molecule has 0 bridgehead atoms. The van der Waals surface area contributed by atoms with Gasteiger partial charge in [0, 0.05) is 48.0 Å². The van der Waals surface area contributed by atoms with Crippen LogP contribution in [0.1, 0.15) is 26.2 Å². The number of hydrogen-bond acceptors (Lipinski definition) is 3. The maximum absolute atomic E-state index is 11.3. The van der Waals surface area contributed by atoms with Gasteiger partial charge in [-0.15, -0.1) is 0 Å². The Morgan fingerprint density at radius 2 is 2.25 bits per heavy atom. The fraction of sp³-hybridized carbons (Fsp3) is 1.00. The average molecular weight is 244 g/mol. The van der Waals surface area contributed by atoms with E-state index < -0.39 is 10.8 Å². The first kappa shape index (κ1) is 12.5. The maximum atomic E-state index is 11.3. The minimum Gasteiger partial charge on any atom is -0.311 e. The molecule has 0 radical (unpaired) electrons. The molecule has 1 saturated heterocycles. The Labute approximate surface area is 101 Å². The Morgan fingerprint density at radius 1 is 1.50 bits per heavy atom. The van der Waals surface area contributed by atoms with Crippen LogP contribution in [0.2, 0.25) is 0 Å². The second kappa shape index (κ2) is 5.61. The van der Waals surface area contributed by atoms with Crippen molar-refractivity contribution >= 4 is 10.8 Å². The summed E-state index contributed by atoms with van der Waals surface area (Å²) in [6.45, 7) is 6.70. The van der Waals surface area contributed by atoms with Crippen LogP contribution in [-0.4, -0.2) is 52.8 Å². The third kappa shape index (κ3) is 3.54. The lowest BCUT2D eigenvalue weighted by Gasteiger charge is -2.34. The molecule has 1 aliphatic carbocycles. The summed E-state index contributed by atoms with van der Waals surface area (Å²) in [5.74, 6) is 0.945. The summed E-state index contributed by atoms with van der Waals surface area (Å²) in [4.78, 5) is 2.54. The van der Waals surface area contributed by atoms with E-state index in [4.69, 9.17) is 0 Å². The predicted molar refractivity (Wildman–Crippen MR) is 69.1 cm³/mol. The van der Waals surface area contributed by atoms with Crippen molar-refractivity contribution in [2.24, 2.45) is 5.92 Å². The van der Waals surface area contributed by atoms with Crippen LogP contribution in [0.3, 0.4) is 0 Å². The van der Waals surface area contributed by atoms with E-state index >= 15 is 0 Å². The molecule has 0 aromatic carbocycles.